The van der Waals surface area contributed by atoms with Crippen LogP contribution in [0.4, 0.5) is 13.2 Å². The van der Waals surface area contributed by atoms with E-state index >= 15 is 0 Å². The van der Waals surface area contributed by atoms with Gasteiger partial charge in [0, 0.05) is 38.4 Å². The van der Waals surface area contributed by atoms with E-state index in [2.05, 4.69) is 15.4 Å². The minimum Gasteiger partial charge on any atom is -0.475 e. The minimum atomic E-state index is -5.08. The highest BCUT2D eigenvalue weighted by Gasteiger charge is 2.45. The van der Waals surface area contributed by atoms with Gasteiger partial charge in [-0.05, 0) is 25.2 Å². The zero-order valence-corrected chi connectivity index (χ0v) is 16.1. The van der Waals surface area contributed by atoms with Gasteiger partial charge in [0.2, 0.25) is 5.76 Å². The molecular formula is C18H24F3N3O6. The summed E-state index contributed by atoms with van der Waals surface area (Å²) in [6.45, 7) is 4.35. The Morgan fingerprint density at radius 2 is 2.07 bits per heavy atom. The number of carbonyl (C=O) groups excluding carboxylic acids is 1. The molecule has 1 aromatic rings. The van der Waals surface area contributed by atoms with Crippen LogP contribution >= 0.6 is 0 Å². The number of nitrogens with zero attached hydrogens (tertiary/aromatic N) is 2. The molecule has 9 nitrogen and oxygen atoms in total. The zero-order chi connectivity index (χ0) is 21.7. The van der Waals surface area contributed by atoms with Crippen molar-refractivity contribution in [1.29, 1.82) is 0 Å². The molecule has 3 aliphatic rings. The standard InChI is InChI=1S/C16H23N3O4.C2HF3O2/c20-16(14-3-5-17-23-14)18-12-9-19(8-11-4-7-21-10-11)13-2-1-6-22-15(12)13;3-2(4,5)1(6)7/h3,5,11-13,15H,1-2,4,6-10H2,(H,18,20);(H,6,7)/t11?,12-,13+,15+;/m0./s1. The molecule has 0 spiro atoms. The van der Waals surface area contributed by atoms with Crippen molar-refractivity contribution in [3.63, 3.8) is 0 Å². The number of nitrogens with one attached hydrogen (secondary N) is 1. The molecule has 3 fully saturated rings. The molecule has 4 atom stereocenters. The Kier molecular flexibility index (Phi) is 7.32. The fourth-order valence-electron chi connectivity index (χ4n) is 4.02. The van der Waals surface area contributed by atoms with Crippen LogP contribution in [0, 0.1) is 5.92 Å². The Morgan fingerprint density at radius 1 is 1.30 bits per heavy atom. The van der Waals surface area contributed by atoms with Crippen LogP contribution in [0.25, 0.3) is 0 Å². The van der Waals surface area contributed by atoms with Crippen LogP contribution in [0.15, 0.2) is 16.8 Å². The van der Waals surface area contributed by atoms with Gasteiger partial charge >= 0.3 is 12.1 Å². The molecule has 30 heavy (non-hydrogen) atoms. The fraction of sp³-hybridized carbons (Fsp3) is 0.722. The summed E-state index contributed by atoms with van der Waals surface area (Å²) in [6, 6.07) is 1.97. The van der Waals surface area contributed by atoms with Crippen molar-refractivity contribution in [2.24, 2.45) is 5.92 Å². The lowest BCUT2D eigenvalue weighted by atomic mass is 10.00. The fourth-order valence-corrected chi connectivity index (χ4v) is 4.02. The second-order valence-corrected chi connectivity index (χ2v) is 7.49. The molecule has 0 saturated carbocycles. The van der Waals surface area contributed by atoms with E-state index in [1.54, 1.807) is 6.07 Å². The van der Waals surface area contributed by atoms with Crippen molar-refractivity contribution in [2.75, 3.05) is 32.9 Å². The molecule has 1 aromatic heterocycles. The molecule has 3 saturated heterocycles. The summed E-state index contributed by atoms with van der Waals surface area (Å²) in [6.07, 6.45) is -0.188. The molecule has 0 aliphatic carbocycles. The van der Waals surface area contributed by atoms with E-state index in [9.17, 15) is 18.0 Å². The van der Waals surface area contributed by atoms with Crippen LogP contribution in [-0.2, 0) is 14.3 Å². The van der Waals surface area contributed by atoms with Gasteiger partial charge in [0.25, 0.3) is 5.91 Å². The average molecular weight is 435 g/mol. The third-order valence-corrected chi connectivity index (χ3v) is 5.37. The van der Waals surface area contributed by atoms with E-state index in [1.807, 2.05) is 0 Å². The minimum absolute atomic E-state index is 0.000205. The first-order valence-corrected chi connectivity index (χ1v) is 9.70. The Morgan fingerprint density at radius 3 is 2.67 bits per heavy atom. The van der Waals surface area contributed by atoms with E-state index in [0.717, 1.165) is 52.2 Å². The lowest BCUT2D eigenvalue weighted by molar-refractivity contribution is -0.192. The number of aliphatic carboxylic acids is 1. The number of carboxylic acids is 1. The van der Waals surface area contributed by atoms with Crippen LogP contribution < -0.4 is 5.32 Å². The third-order valence-electron chi connectivity index (χ3n) is 5.37. The predicted octanol–water partition coefficient (Wildman–Crippen LogP) is 1.31. The van der Waals surface area contributed by atoms with Crippen LogP contribution in [-0.4, -0.2) is 84.3 Å². The molecule has 4 rings (SSSR count). The Hall–Kier alpha value is -2.18. The lowest BCUT2D eigenvalue weighted by Gasteiger charge is -2.33. The van der Waals surface area contributed by atoms with Crippen LogP contribution in [0.3, 0.4) is 0 Å². The monoisotopic (exact) mass is 435 g/mol. The maximum atomic E-state index is 12.2. The average Bonchev–Trinajstić information content (AvgIpc) is 3.44. The van der Waals surface area contributed by atoms with Crippen molar-refractivity contribution in [2.45, 2.75) is 43.6 Å². The predicted molar refractivity (Wildman–Crippen MR) is 94.7 cm³/mol. The number of carboxylic acid groups (broad SMARTS) is 1. The maximum absolute atomic E-state index is 12.2. The van der Waals surface area contributed by atoms with Crippen LogP contribution in [0.2, 0.25) is 0 Å². The number of rotatable bonds is 4. The first kappa shape index (κ1) is 22.5. The van der Waals surface area contributed by atoms with Crippen molar-refractivity contribution in [3.05, 3.63) is 18.0 Å². The summed E-state index contributed by atoms with van der Waals surface area (Å²) in [5.74, 6) is -2.12. The van der Waals surface area contributed by atoms with Crippen molar-refractivity contribution < 1.29 is 41.9 Å². The molecule has 168 valence electrons. The van der Waals surface area contributed by atoms with Gasteiger partial charge in [-0.1, -0.05) is 5.16 Å². The quantitative estimate of drug-likeness (QED) is 0.728. The van der Waals surface area contributed by atoms with Crippen molar-refractivity contribution in [1.82, 2.24) is 15.4 Å². The molecular weight excluding hydrogens is 411 g/mol. The molecule has 4 heterocycles. The molecule has 1 unspecified atom stereocenters. The van der Waals surface area contributed by atoms with Crippen molar-refractivity contribution in [3.8, 4) is 0 Å². The number of likely N-dealkylation sites (tertiary alicyclic amines) is 1. The number of alkyl halides is 3. The smallest absolute Gasteiger partial charge is 0.475 e. The van der Waals surface area contributed by atoms with Gasteiger partial charge < -0.3 is 24.4 Å². The number of fused-ring (bicyclic) bond motifs is 1. The topological polar surface area (TPSA) is 114 Å². The van der Waals surface area contributed by atoms with Crippen molar-refractivity contribution >= 4 is 11.9 Å². The normalized spacial score (nSPS) is 29.0. The summed E-state index contributed by atoms with van der Waals surface area (Å²) in [5.41, 5.74) is 0. The maximum Gasteiger partial charge on any atom is 0.490 e. The molecule has 2 N–H and O–H groups in total. The van der Waals surface area contributed by atoms with E-state index in [1.165, 1.54) is 6.20 Å². The van der Waals surface area contributed by atoms with Gasteiger partial charge in [-0.25, -0.2) is 4.79 Å². The highest BCUT2D eigenvalue weighted by Crippen LogP contribution is 2.31. The number of hydrogen-bond acceptors (Lipinski definition) is 7. The first-order valence-electron chi connectivity index (χ1n) is 9.70. The first-order chi connectivity index (χ1) is 14.3. The molecule has 0 bridgehead atoms. The number of ether oxygens (including phenoxy) is 2. The summed E-state index contributed by atoms with van der Waals surface area (Å²) < 4.78 is 48.2. The van der Waals surface area contributed by atoms with Gasteiger partial charge in [0.1, 0.15) is 0 Å². The summed E-state index contributed by atoms with van der Waals surface area (Å²) in [5, 5.41) is 13.8. The third kappa shape index (κ3) is 5.70. The molecule has 3 aliphatic heterocycles. The largest absolute Gasteiger partial charge is 0.490 e. The summed E-state index contributed by atoms with van der Waals surface area (Å²) in [4.78, 5) is 23.6. The number of amides is 1. The number of hydrogen-bond donors (Lipinski definition) is 2. The number of halogens is 3. The Labute approximate surface area is 170 Å². The highest BCUT2D eigenvalue weighted by molar-refractivity contribution is 5.91. The van der Waals surface area contributed by atoms with Gasteiger partial charge in [0.15, 0.2) is 0 Å². The van der Waals surface area contributed by atoms with Gasteiger partial charge in [-0.2, -0.15) is 13.2 Å². The number of carbonyl (C=O) groups is 2. The molecule has 1 amide bonds. The van der Waals surface area contributed by atoms with Gasteiger partial charge in [0.05, 0.1) is 24.9 Å². The second-order valence-electron chi connectivity index (χ2n) is 7.49. The summed E-state index contributed by atoms with van der Waals surface area (Å²) in [7, 11) is 0. The van der Waals surface area contributed by atoms with E-state index in [4.69, 9.17) is 23.9 Å². The van der Waals surface area contributed by atoms with E-state index < -0.39 is 12.1 Å². The SMILES string of the molecule is O=C(N[C@H]1CN(CC2CCOC2)[C@@H]2CCCO[C@H]12)c1ccno1.O=C(O)C(F)(F)F. The second kappa shape index (κ2) is 9.75. The van der Waals surface area contributed by atoms with Gasteiger partial charge in [-0.3, -0.25) is 9.69 Å². The number of aromatic nitrogens is 1. The lowest BCUT2D eigenvalue weighted by Crippen LogP contribution is -2.47. The molecule has 12 heteroatoms. The highest BCUT2D eigenvalue weighted by atomic mass is 19.4. The van der Waals surface area contributed by atoms with E-state index in [-0.39, 0.29) is 23.8 Å². The summed E-state index contributed by atoms with van der Waals surface area (Å²) >= 11 is 0. The molecule has 0 aromatic carbocycles. The molecule has 0 radical (unpaired) electrons. The van der Waals surface area contributed by atoms with E-state index in [0.29, 0.717) is 12.0 Å². The van der Waals surface area contributed by atoms with Crippen LogP contribution in [0.5, 0.6) is 0 Å². The Bertz CT molecular complexity index is 709. The Balaban J connectivity index is 0.000000318. The van der Waals surface area contributed by atoms with Crippen LogP contribution in [0.1, 0.15) is 29.8 Å². The van der Waals surface area contributed by atoms with Gasteiger partial charge in [-0.15, -0.1) is 0 Å². The zero-order valence-electron chi connectivity index (χ0n) is 16.1.